The van der Waals surface area contributed by atoms with Crippen molar-refractivity contribution in [2.24, 2.45) is 0 Å². The molecule has 322 valence electrons. The first-order valence-corrected chi connectivity index (χ1v) is 12.9. The van der Waals surface area contributed by atoms with Crippen molar-refractivity contribution in [3.8, 4) is 0 Å². The van der Waals surface area contributed by atoms with E-state index in [1.807, 2.05) is 0 Å². The molecule has 0 spiro atoms. The molecule has 54 heavy (non-hydrogen) atoms. The molecule has 0 aromatic carbocycles. The van der Waals surface area contributed by atoms with Crippen LogP contribution in [0.5, 0.6) is 0 Å². The molecule has 0 aromatic heterocycles. The highest BCUT2D eigenvalue weighted by Gasteiger charge is 2.79. The number of alkyl carbamates (subject to hydrolysis) is 2. The van der Waals surface area contributed by atoms with Crippen LogP contribution in [-0.2, 0) is 28.4 Å². The normalized spacial score (nSPS) is 17.6. The monoisotopic (exact) mass is 862 g/mol. The predicted molar refractivity (Wildman–Crippen MR) is 120 cm³/mol. The molecule has 0 saturated heterocycles. The van der Waals surface area contributed by atoms with Crippen molar-refractivity contribution in [1.29, 1.82) is 0 Å². The molecule has 0 rings (SSSR count). The summed E-state index contributed by atoms with van der Waals surface area (Å²) in [6.07, 6.45) is -50.0. The maximum absolute atomic E-state index is 14.3. The minimum Gasteiger partial charge on any atom is -0.443 e. The van der Waals surface area contributed by atoms with Crippen molar-refractivity contribution in [2.75, 3.05) is 46.7 Å². The number of hydrogen-bond donors (Lipinski definition) is 3. The average molecular weight is 862 g/mol. The van der Waals surface area contributed by atoms with Gasteiger partial charge in [-0.25, -0.2) is 9.59 Å². The van der Waals surface area contributed by atoms with Crippen LogP contribution in [0.15, 0.2) is 0 Å². The number of halogens is 22. The van der Waals surface area contributed by atoms with Crippen LogP contribution in [0.1, 0.15) is 0 Å². The largest absolute Gasteiger partial charge is 0.462 e. The lowest BCUT2D eigenvalue weighted by atomic mass is 10.2. The number of alkyl halides is 22. The predicted octanol–water partition coefficient (Wildman–Crippen LogP) is 5.90. The Kier molecular flexibility index (Phi) is 16.3. The number of methoxy groups -OCH3 is 1. The Morgan fingerprint density at radius 1 is 0.556 bits per heavy atom. The SMILES string of the molecule is COCC(O)COCC(CNC(=O)OCC(F)(OC(F)(F)C(F)(F)C(F)(F)F)C(F)(F)F)NC(=O)OCC(F)(OC(F)(F)C(F)(F)C(F)(F)F)C(F)(F)F. The topological polar surface area (TPSA) is 134 Å². The number of aliphatic hydroxyl groups is 1. The molecule has 0 bridgehead atoms. The van der Waals surface area contributed by atoms with Crippen LogP contribution >= 0.6 is 0 Å². The van der Waals surface area contributed by atoms with Gasteiger partial charge in [0.1, 0.15) is 6.10 Å². The van der Waals surface area contributed by atoms with E-state index >= 15 is 0 Å². The van der Waals surface area contributed by atoms with E-state index < -0.39 is 124 Å². The van der Waals surface area contributed by atoms with Gasteiger partial charge in [0, 0.05) is 13.7 Å². The van der Waals surface area contributed by atoms with Crippen molar-refractivity contribution in [2.45, 2.75) is 72.6 Å². The Hall–Kier alpha value is -3.20. The van der Waals surface area contributed by atoms with Crippen LogP contribution in [0.25, 0.3) is 0 Å². The zero-order valence-corrected chi connectivity index (χ0v) is 25.4. The van der Waals surface area contributed by atoms with Gasteiger partial charge in [-0.3, -0.25) is 9.47 Å². The summed E-state index contributed by atoms with van der Waals surface area (Å²) in [5.41, 5.74) is 0. The molecule has 0 radical (unpaired) electrons. The van der Waals surface area contributed by atoms with Gasteiger partial charge in [-0.05, 0) is 0 Å². The molecule has 0 fully saturated rings. The number of carbonyl (C=O) groups is 2. The summed E-state index contributed by atoms with van der Waals surface area (Å²) in [4.78, 5) is 23.7. The highest BCUT2D eigenvalue weighted by atomic mass is 19.4. The van der Waals surface area contributed by atoms with Gasteiger partial charge in [0.25, 0.3) is 0 Å². The van der Waals surface area contributed by atoms with Crippen molar-refractivity contribution in [3.63, 3.8) is 0 Å². The summed E-state index contributed by atoms with van der Waals surface area (Å²) in [5.74, 6) is -27.7. The maximum atomic E-state index is 14.3. The Balaban J connectivity index is 6.00. The number of ether oxygens (including phenoxy) is 6. The Labute approximate surface area is 283 Å². The second-order valence-corrected chi connectivity index (χ2v) is 9.86. The number of amides is 2. The van der Waals surface area contributed by atoms with Crippen molar-refractivity contribution in [3.05, 3.63) is 0 Å². The van der Waals surface area contributed by atoms with Gasteiger partial charge >= 0.3 is 72.7 Å². The molecular weight excluding hydrogens is 842 g/mol. The maximum Gasteiger partial charge on any atom is 0.462 e. The van der Waals surface area contributed by atoms with Crippen molar-refractivity contribution >= 4 is 12.2 Å². The first-order valence-electron chi connectivity index (χ1n) is 12.9. The highest BCUT2D eigenvalue weighted by molar-refractivity contribution is 5.69. The standard InChI is InChI=1S/C21H20F22N2O9/c1-49-4-9(46)5-50-3-8(45-11(48)52-7-13(23,17(31,32)33)54-21(42,43)15(26,27)19(37,38)39)2-44-10(47)51-6-12(22,16(28,29)30)53-20(40,41)14(24,25)18(34,35)36/h8-9,46H,2-7H2,1H3,(H,44,47)(H,45,48). The van der Waals surface area contributed by atoms with Gasteiger partial charge < -0.3 is 34.7 Å². The Morgan fingerprint density at radius 3 is 1.26 bits per heavy atom. The number of hydrogen-bond acceptors (Lipinski definition) is 9. The summed E-state index contributed by atoms with van der Waals surface area (Å²) >= 11 is 0. The molecule has 11 nitrogen and oxygen atoms in total. The Morgan fingerprint density at radius 2 is 0.926 bits per heavy atom. The van der Waals surface area contributed by atoms with Crippen LogP contribution in [0.3, 0.4) is 0 Å². The summed E-state index contributed by atoms with van der Waals surface area (Å²) in [6.45, 7) is -10.8. The van der Waals surface area contributed by atoms with Crippen LogP contribution in [0, 0.1) is 0 Å². The highest BCUT2D eigenvalue weighted by Crippen LogP contribution is 2.52. The quantitative estimate of drug-likeness (QED) is 0.136. The van der Waals surface area contributed by atoms with Crippen LogP contribution in [-0.4, -0.2) is 137 Å². The molecule has 4 atom stereocenters. The van der Waals surface area contributed by atoms with E-state index in [-0.39, 0.29) is 0 Å². The molecule has 2 amide bonds. The smallest absolute Gasteiger partial charge is 0.443 e. The van der Waals surface area contributed by atoms with Crippen LogP contribution in [0.4, 0.5) is 106 Å². The van der Waals surface area contributed by atoms with Gasteiger partial charge in [0.15, 0.2) is 13.2 Å². The molecule has 33 heteroatoms. The van der Waals surface area contributed by atoms with Gasteiger partial charge in [0.05, 0.1) is 25.9 Å². The number of aliphatic hydroxyl groups excluding tert-OH is 1. The van der Waals surface area contributed by atoms with Gasteiger partial charge in [0.2, 0.25) is 0 Å². The molecule has 4 unspecified atom stereocenters. The lowest BCUT2D eigenvalue weighted by Gasteiger charge is -2.34. The second kappa shape index (κ2) is 17.3. The van der Waals surface area contributed by atoms with Crippen molar-refractivity contribution in [1.82, 2.24) is 10.6 Å². The van der Waals surface area contributed by atoms with Crippen molar-refractivity contribution < 1.29 is 140 Å². The third kappa shape index (κ3) is 12.9. The van der Waals surface area contributed by atoms with Gasteiger partial charge in [-0.2, -0.15) is 96.6 Å². The van der Waals surface area contributed by atoms with Gasteiger partial charge in [-0.15, -0.1) is 0 Å². The molecular formula is C21H20F22N2O9. The second-order valence-electron chi connectivity index (χ2n) is 9.86. The number of carbonyl (C=O) groups excluding carboxylic acids is 2. The summed E-state index contributed by atoms with van der Waals surface area (Å²) < 4.78 is 306. The average Bonchev–Trinajstić information content (AvgIpc) is 2.95. The molecule has 0 aliphatic rings. The summed E-state index contributed by atoms with van der Waals surface area (Å²) in [7, 11) is 1.01. The first-order chi connectivity index (χ1) is 23.7. The van der Waals surface area contributed by atoms with Crippen LogP contribution < -0.4 is 10.6 Å². The minimum atomic E-state index is -7.51. The zero-order chi connectivity index (χ0) is 43.2. The molecule has 0 heterocycles. The van der Waals surface area contributed by atoms with Gasteiger partial charge in [-0.1, -0.05) is 0 Å². The molecule has 0 saturated carbocycles. The summed E-state index contributed by atoms with van der Waals surface area (Å²) in [6, 6.07) is -2.19. The lowest BCUT2D eigenvalue weighted by Crippen LogP contribution is -2.60. The van der Waals surface area contributed by atoms with E-state index in [9.17, 15) is 111 Å². The number of nitrogens with one attached hydrogen (secondary N) is 2. The first kappa shape index (κ1) is 50.8. The zero-order valence-electron chi connectivity index (χ0n) is 25.4. The fraction of sp³-hybridized carbons (Fsp3) is 0.905. The van der Waals surface area contributed by atoms with E-state index in [1.165, 1.54) is 10.6 Å². The molecule has 3 N–H and O–H groups in total. The van der Waals surface area contributed by atoms with E-state index in [1.54, 1.807) is 0 Å². The van der Waals surface area contributed by atoms with E-state index in [0.29, 0.717) is 0 Å². The Bertz CT molecular complexity index is 1230. The van der Waals surface area contributed by atoms with E-state index in [2.05, 4.69) is 23.7 Å². The molecule has 0 aliphatic carbocycles. The molecule has 0 aliphatic heterocycles. The third-order valence-corrected chi connectivity index (χ3v) is 5.45. The molecule has 0 aromatic rings. The summed E-state index contributed by atoms with van der Waals surface area (Å²) in [5, 5.41) is 11.9. The third-order valence-electron chi connectivity index (χ3n) is 5.45. The lowest BCUT2D eigenvalue weighted by molar-refractivity contribution is -0.485. The fourth-order valence-electron chi connectivity index (χ4n) is 2.72. The fourth-order valence-corrected chi connectivity index (χ4v) is 2.72. The van der Waals surface area contributed by atoms with Crippen LogP contribution in [0.2, 0.25) is 0 Å². The minimum absolute atomic E-state index is 0.529. The van der Waals surface area contributed by atoms with E-state index in [0.717, 1.165) is 7.11 Å². The van der Waals surface area contributed by atoms with E-state index in [4.69, 9.17) is 4.74 Å². The number of rotatable bonds is 19.